The number of rotatable bonds is 2. The van der Waals surface area contributed by atoms with Crippen molar-refractivity contribution in [3.05, 3.63) is 65.2 Å². The molecule has 2 aromatic rings. The fraction of sp³-hybridized carbons (Fsp3) is 0.125. The maximum atomic E-state index is 10.3. The molecule has 0 atom stereocenters. The van der Waals surface area contributed by atoms with Gasteiger partial charge in [0.1, 0.15) is 5.94 Å². The molecule has 1 aliphatic carbocycles. The molecule has 0 aliphatic heterocycles. The third kappa shape index (κ3) is 1.61. The zero-order valence-electron chi connectivity index (χ0n) is 9.44. The Kier molecular flexibility index (Phi) is 2.40. The molecule has 0 bridgehead atoms. The molecule has 0 amide bonds. The van der Waals surface area contributed by atoms with Gasteiger partial charge < -0.3 is 0 Å². The predicted octanol–water partition coefficient (Wildman–Crippen LogP) is 3.19. The summed E-state index contributed by atoms with van der Waals surface area (Å²) in [7, 11) is 0. The number of hydrogen-bond donors (Lipinski definition) is 0. The van der Waals surface area contributed by atoms with Gasteiger partial charge in [-0.05, 0) is 34.2 Å². The molecule has 0 heterocycles. The van der Waals surface area contributed by atoms with E-state index in [2.05, 4.69) is 42.5 Å². The van der Waals surface area contributed by atoms with Crippen molar-refractivity contribution >= 4 is 5.94 Å². The van der Waals surface area contributed by atoms with E-state index in [9.17, 15) is 4.79 Å². The van der Waals surface area contributed by atoms with Gasteiger partial charge in [0, 0.05) is 12.5 Å². The lowest BCUT2D eigenvalue weighted by Gasteiger charge is -2.05. The van der Waals surface area contributed by atoms with E-state index in [1.807, 2.05) is 5.94 Å². The Morgan fingerprint density at radius 2 is 1.88 bits per heavy atom. The molecular formula is C16H12O. The van der Waals surface area contributed by atoms with Gasteiger partial charge in [0.25, 0.3) is 0 Å². The van der Waals surface area contributed by atoms with Gasteiger partial charge in [0.2, 0.25) is 0 Å². The van der Waals surface area contributed by atoms with Crippen LogP contribution in [0.15, 0.2) is 48.5 Å². The molecule has 0 fully saturated rings. The molecule has 0 aromatic heterocycles. The Morgan fingerprint density at radius 1 is 1.06 bits per heavy atom. The molecule has 2 aromatic carbocycles. The summed E-state index contributed by atoms with van der Waals surface area (Å²) in [6.45, 7) is 0. The minimum atomic E-state index is 0.681. The van der Waals surface area contributed by atoms with Crippen LogP contribution < -0.4 is 0 Å². The highest BCUT2D eigenvalue weighted by molar-refractivity contribution is 5.78. The fourth-order valence-electron chi connectivity index (χ4n) is 2.57. The maximum Gasteiger partial charge on any atom is 0.120 e. The van der Waals surface area contributed by atoms with Crippen LogP contribution in [0.4, 0.5) is 0 Å². The van der Waals surface area contributed by atoms with Crippen molar-refractivity contribution in [1.29, 1.82) is 0 Å². The number of benzene rings is 2. The summed E-state index contributed by atoms with van der Waals surface area (Å²) in [5.41, 5.74) is 6.63. The SMILES string of the molecule is O=C=CCc1cccc2c1Cc1ccccc1-2. The Bertz CT molecular complexity index is 619. The molecule has 1 aliphatic rings. The Morgan fingerprint density at radius 3 is 2.76 bits per heavy atom. The largest absolute Gasteiger partial charge is 0.234 e. The second-order valence-electron chi connectivity index (χ2n) is 4.30. The van der Waals surface area contributed by atoms with Crippen LogP contribution in [-0.2, 0) is 17.6 Å². The van der Waals surface area contributed by atoms with Gasteiger partial charge in [-0.15, -0.1) is 0 Å². The lowest BCUT2D eigenvalue weighted by Crippen LogP contribution is -1.90. The van der Waals surface area contributed by atoms with E-state index in [1.54, 1.807) is 6.08 Å². The third-order valence-electron chi connectivity index (χ3n) is 3.35. The fourth-order valence-corrected chi connectivity index (χ4v) is 2.57. The molecule has 3 rings (SSSR count). The first kappa shape index (κ1) is 10.1. The van der Waals surface area contributed by atoms with E-state index >= 15 is 0 Å². The molecule has 0 saturated carbocycles. The summed E-state index contributed by atoms with van der Waals surface area (Å²) in [6, 6.07) is 14.8. The van der Waals surface area contributed by atoms with E-state index in [0.717, 1.165) is 6.42 Å². The first-order valence-corrected chi connectivity index (χ1v) is 5.78. The van der Waals surface area contributed by atoms with Crippen molar-refractivity contribution in [2.45, 2.75) is 12.8 Å². The Labute approximate surface area is 100 Å². The van der Waals surface area contributed by atoms with Gasteiger partial charge >= 0.3 is 0 Å². The van der Waals surface area contributed by atoms with E-state index in [0.29, 0.717) is 6.42 Å². The zero-order chi connectivity index (χ0) is 11.7. The average molecular weight is 220 g/mol. The first-order chi connectivity index (χ1) is 8.40. The molecule has 0 radical (unpaired) electrons. The zero-order valence-corrected chi connectivity index (χ0v) is 9.44. The summed E-state index contributed by atoms with van der Waals surface area (Å²) in [4.78, 5) is 10.3. The highest BCUT2D eigenvalue weighted by Crippen LogP contribution is 2.38. The molecular weight excluding hydrogens is 208 g/mol. The van der Waals surface area contributed by atoms with Crippen molar-refractivity contribution in [3.8, 4) is 11.1 Å². The molecule has 0 N–H and O–H groups in total. The third-order valence-corrected chi connectivity index (χ3v) is 3.35. The van der Waals surface area contributed by atoms with Crippen LogP contribution in [-0.4, -0.2) is 5.94 Å². The summed E-state index contributed by atoms with van der Waals surface area (Å²) >= 11 is 0. The van der Waals surface area contributed by atoms with Crippen LogP contribution in [0.1, 0.15) is 16.7 Å². The number of fused-ring (bicyclic) bond motifs is 3. The predicted molar refractivity (Wildman–Crippen MR) is 68.7 cm³/mol. The molecule has 1 nitrogen and oxygen atoms in total. The van der Waals surface area contributed by atoms with Crippen molar-refractivity contribution in [3.63, 3.8) is 0 Å². The number of carbonyl (C=O) groups excluding carboxylic acids is 1. The maximum absolute atomic E-state index is 10.3. The van der Waals surface area contributed by atoms with Crippen LogP contribution >= 0.6 is 0 Å². The Balaban J connectivity index is 2.13. The van der Waals surface area contributed by atoms with Crippen LogP contribution in [0.2, 0.25) is 0 Å². The summed E-state index contributed by atoms with van der Waals surface area (Å²) in [5, 5.41) is 0. The van der Waals surface area contributed by atoms with Crippen LogP contribution in [0, 0.1) is 0 Å². The molecule has 0 saturated heterocycles. The van der Waals surface area contributed by atoms with Crippen LogP contribution in [0.5, 0.6) is 0 Å². The molecule has 82 valence electrons. The van der Waals surface area contributed by atoms with Crippen molar-refractivity contribution < 1.29 is 4.79 Å². The summed E-state index contributed by atoms with van der Waals surface area (Å²) < 4.78 is 0. The lowest BCUT2D eigenvalue weighted by atomic mass is 9.99. The minimum Gasteiger partial charge on any atom is -0.234 e. The van der Waals surface area contributed by atoms with E-state index in [1.165, 1.54) is 27.8 Å². The van der Waals surface area contributed by atoms with Gasteiger partial charge in [-0.25, -0.2) is 4.79 Å². The van der Waals surface area contributed by atoms with E-state index in [4.69, 9.17) is 0 Å². The molecule has 0 spiro atoms. The Hall–Kier alpha value is -2.11. The van der Waals surface area contributed by atoms with Gasteiger partial charge in [-0.3, -0.25) is 0 Å². The molecule has 0 unspecified atom stereocenters. The summed E-state index contributed by atoms with van der Waals surface area (Å²) in [5.74, 6) is 1.85. The van der Waals surface area contributed by atoms with Crippen LogP contribution in [0.3, 0.4) is 0 Å². The second-order valence-corrected chi connectivity index (χ2v) is 4.30. The second kappa shape index (κ2) is 4.04. The van der Waals surface area contributed by atoms with Crippen molar-refractivity contribution in [2.75, 3.05) is 0 Å². The topological polar surface area (TPSA) is 17.1 Å². The van der Waals surface area contributed by atoms with Crippen molar-refractivity contribution in [1.82, 2.24) is 0 Å². The smallest absolute Gasteiger partial charge is 0.120 e. The van der Waals surface area contributed by atoms with Crippen LogP contribution in [0.25, 0.3) is 11.1 Å². The highest BCUT2D eigenvalue weighted by atomic mass is 16.1. The lowest BCUT2D eigenvalue weighted by molar-refractivity contribution is 0.568. The van der Waals surface area contributed by atoms with E-state index < -0.39 is 0 Å². The normalized spacial score (nSPS) is 11.5. The monoisotopic (exact) mass is 220 g/mol. The minimum absolute atomic E-state index is 0.681. The molecule has 17 heavy (non-hydrogen) atoms. The molecule has 1 heteroatoms. The average Bonchev–Trinajstić information content (AvgIpc) is 2.75. The van der Waals surface area contributed by atoms with Gasteiger partial charge in [0.15, 0.2) is 0 Å². The van der Waals surface area contributed by atoms with Crippen molar-refractivity contribution in [2.24, 2.45) is 0 Å². The highest BCUT2D eigenvalue weighted by Gasteiger charge is 2.19. The number of hydrogen-bond acceptors (Lipinski definition) is 1. The first-order valence-electron chi connectivity index (χ1n) is 5.78. The van der Waals surface area contributed by atoms with Gasteiger partial charge in [0.05, 0.1) is 0 Å². The number of allylic oxidation sites excluding steroid dienone is 1. The summed E-state index contributed by atoms with van der Waals surface area (Å²) in [6.07, 6.45) is 3.22. The van der Waals surface area contributed by atoms with Gasteiger partial charge in [-0.2, -0.15) is 0 Å². The standard InChI is InChI=1S/C16H12O/c17-10-4-7-12-6-3-9-15-14-8-2-1-5-13(14)11-16(12)15/h1-6,8-9H,7,11H2. The van der Waals surface area contributed by atoms with Gasteiger partial charge in [-0.1, -0.05) is 42.5 Å². The van der Waals surface area contributed by atoms with E-state index in [-0.39, 0.29) is 0 Å². The quantitative estimate of drug-likeness (QED) is 0.606.